The number of rotatable bonds is 6. The highest BCUT2D eigenvalue weighted by Crippen LogP contribution is 2.27. The minimum atomic E-state index is 0.628. The largest absolute Gasteiger partial charge is 0.493 e. The summed E-state index contributed by atoms with van der Waals surface area (Å²) in [6.45, 7) is 6.83. The van der Waals surface area contributed by atoms with Crippen molar-refractivity contribution in [2.75, 3.05) is 14.2 Å². The molecule has 0 saturated heterocycles. The fourth-order valence-corrected chi connectivity index (χ4v) is 2.43. The van der Waals surface area contributed by atoms with Crippen LogP contribution in [0, 0.1) is 13.8 Å². The Morgan fingerprint density at radius 1 is 1.00 bits per heavy atom. The Morgan fingerprint density at radius 3 is 2.43 bits per heavy atom. The molecule has 2 aromatic rings. The first-order valence-electron chi connectivity index (χ1n) is 7.61. The van der Waals surface area contributed by atoms with Crippen LogP contribution in [0.3, 0.4) is 0 Å². The molecule has 0 saturated carbocycles. The van der Waals surface area contributed by atoms with E-state index < -0.39 is 0 Å². The highest BCUT2D eigenvalue weighted by atomic mass is 16.5. The molecular formula is C19H24N2O2. The normalized spacial score (nSPS) is 11.3. The zero-order valence-electron chi connectivity index (χ0n) is 14.4. The van der Waals surface area contributed by atoms with Gasteiger partial charge in [0.15, 0.2) is 11.5 Å². The second-order valence-electron chi connectivity index (χ2n) is 5.54. The quantitative estimate of drug-likeness (QED) is 0.651. The molecule has 4 nitrogen and oxygen atoms in total. The SMILES string of the molecule is COc1ccc(CN/N=C(\C)c2cc(C)ccc2C)cc1OC. The van der Waals surface area contributed by atoms with Gasteiger partial charge in [-0.3, -0.25) is 0 Å². The molecule has 1 N–H and O–H groups in total. The molecule has 0 amide bonds. The van der Waals surface area contributed by atoms with Crippen molar-refractivity contribution >= 4 is 5.71 Å². The minimum Gasteiger partial charge on any atom is -0.493 e. The van der Waals surface area contributed by atoms with Crippen LogP contribution in [0.5, 0.6) is 11.5 Å². The Labute approximate surface area is 138 Å². The second-order valence-corrected chi connectivity index (χ2v) is 5.54. The van der Waals surface area contributed by atoms with Gasteiger partial charge in [0.2, 0.25) is 0 Å². The third-order valence-electron chi connectivity index (χ3n) is 3.76. The molecule has 4 heteroatoms. The molecule has 0 atom stereocenters. The standard InChI is InChI=1S/C19H24N2O2/c1-13-6-7-14(2)17(10-13)15(3)21-20-12-16-8-9-18(22-4)19(11-16)23-5/h6-11,20H,12H2,1-5H3/b21-15+. The van der Waals surface area contributed by atoms with E-state index in [1.165, 1.54) is 16.7 Å². The number of hydrogen-bond donors (Lipinski definition) is 1. The van der Waals surface area contributed by atoms with Gasteiger partial charge in [-0.15, -0.1) is 0 Å². The topological polar surface area (TPSA) is 42.8 Å². The third kappa shape index (κ3) is 4.25. The van der Waals surface area contributed by atoms with Gasteiger partial charge in [-0.2, -0.15) is 5.10 Å². The van der Waals surface area contributed by atoms with Crippen LogP contribution in [0.2, 0.25) is 0 Å². The number of ether oxygens (including phenoxy) is 2. The van der Waals surface area contributed by atoms with Gasteiger partial charge >= 0.3 is 0 Å². The van der Waals surface area contributed by atoms with E-state index in [-0.39, 0.29) is 0 Å². The second kappa shape index (κ2) is 7.68. The van der Waals surface area contributed by atoms with Gasteiger partial charge in [-0.05, 0) is 50.1 Å². The van der Waals surface area contributed by atoms with Crippen molar-refractivity contribution in [3.8, 4) is 11.5 Å². The maximum absolute atomic E-state index is 5.31. The predicted molar refractivity (Wildman–Crippen MR) is 94.5 cm³/mol. The first-order valence-corrected chi connectivity index (χ1v) is 7.61. The van der Waals surface area contributed by atoms with Gasteiger partial charge in [-0.25, -0.2) is 0 Å². The number of hydrazone groups is 1. The van der Waals surface area contributed by atoms with Crippen molar-refractivity contribution in [3.05, 3.63) is 58.7 Å². The van der Waals surface area contributed by atoms with Crippen LogP contribution >= 0.6 is 0 Å². The lowest BCUT2D eigenvalue weighted by molar-refractivity contribution is 0.354. The van der Waals surface area contributed by atoms with Crippen LogP contribution in [0.1, 0.15) is 29.2 Å². The Bertz CT molecular complexity index is 709. The molecule has 2 rings (SSSR count). The van der Waals surface area contributed by atoms with E-state index in [0.29, 0.717) is 6.54 Å². The molecule has 0 spiro atoms. The molecule has 0 aliphatic heterocycles. The molecule has 122 valence electrons. The number of nitrogens with one attached hydrogen (secondary N) is 1. The molecule has 2 aromatic carbocycles. The summed E-state index contributed by atoms with van der Waals surface area (Å²) in [6.07, 6.45) is 0. The first-order chi connectivity index (χ1) is 11.0. The van der Waals surface area contributed by atoms with Crippen molar-refractivity contribution in [1.29, 1.82) is 0 Å². The van der Waals surface area contributed by atoms with Gasteiger partial charge in [0.05, 0.1) is 26.5 Å². The van der Waals surface area contributed by atoms with Gasteiger partial charge in [0.25, 0.3) is 0 Å². The lowest BCUT2D eigenvalue weighted by Crippen LogP contribution is -2.10. The van der Waals surface area contributed by atoms with Gasteiger partial charge in [0, 0.05) is 5.56 Å². The number of aryl methyl sites for hydroxylation is 2. The van der Waals surface area contributed by atoms with E-state index in [9.17, 15) is 0 Å². The summed E-state index contributed by atoms with van der Waals surface area (Å²) in [5, 5.41) is 4.48. The summed E-state index contributed by atoms with van der Waals surface area (Å²) < 4.78 is 10.6. The zero-order valence-corrected chi connectivity index (χ0v) is 14.4. The van der Waals surface area contributed by atoms with E-state index in [4.69, 9.17) is 9.47 Å². The minimum absolute atomic E-state index is 0.628. The molecule has 0 aromatic heterocycles. The summed E-state index contributed by atoms with van der Waals surface area (Å²) in [5.41, 5.74) is 8.82. The van der Waals surface area contributed by atoms with E-state index in [1.807, 2.05) is 25.1 Å². The van der Waals surface area contributed by atoms with Crippen molar-refractivity contribution in [2.24, 2.45) is 5.10 Å². The lowest BCUT2D eigenvalue weighted by atomic mass is 10.0. The Kier molecular flexibility index (Phi) is 5.63. The predicted octanol–water partition coefficient (Wildman–Crippen LogP) is 3.83. The fourth-order valence-electron chi connectivity index (χ4n) is 2.43. The van der Waals surface area contributed by atoms with Crippen LogP contribution in [0.15, 0.2) is 41.5 Å². The molecular weight excluding hydrogens is 288 g/mol. The third-order valence-corrected chi connectivity index (χ3v) is 3.76. The average molecular weight is 312 g/mol. The Morgan fingerprint density at radius 2 is 1.74 bits per heavy atom. The van der Waals surface area contributed by atoms with Crippen molar-refractivity contribution in [3.63, 3.8) is 0 Å². The lowest BCUT2D eigenvalue weighted by Gasteiger charge is -2.10. The highest BCUT2D eigenvalue weighted by Gasteiger charge is 2.05. The van der Waals surface area contributed by atoms with Crippen LogP contribution in [0.4, 0.5) is 0 Å². The number of hydrogen-bond acceptors (Lipinski definition) is 4. The van der Waals surface area contributed by atoms with E-state index in [2.05, 4.69) is 42.6 Å². The van der Waals surface area contributed by atoms with Crippen molar-refractivity contribution in [1.82, 2.24) is 5.43 Å². The number of nitrogens with zero attached hydrogens (tertiary/aromatic N) is 1. The summed E-state index contributed by atoms with van der Waals surface area (Å²) >= 11 is 0. The van der Waals surface area contributed by atoms with Gasteiger partial charge in [0.1, 0.15) is 0 Å². The number of methoxy groups -OCH3 is 2. The summed E-state index contributed by atoms with van der Waals surface area (Å²) in [5.74, 6) is 1.45. The summed E-state index contributed by atoms with van der Waals surface area (Å²) in [7, 11) is 3.27. The van der Waals surface area contributed by atoms with Crippen LogP contribution < -0.4 is 14.9 Å². The summed E-state index contributed by atoms with van der Waals surface area (Å²) in [4.78, 5) is 0. The highest BCUT2D eigenvalue weighted by molar-refractivity contribution is 5.99. The Hall–Kier alpha value is -2.49. The van der Waals surface area contributed by atoms with E-state index >= 15 is 0 Å². The summed E-state index contributed by atoms with van der Waals surface area (Å²) in [6, 6.07) is 12.2. The molecule has 0 aliphatic rings. The zero-order chi connectivity index (χ0) is 16.8. The maximum atomic E-state index is 5.31. The molecule has 0 bridgehead atoms. The smallest absolute Gasteiger partial charge is 0.161 e. The van der Waals surface area contributed by atoms with E-state index in [0.717, 1.165) is 22.8 Å². The molecule has 0 aliphatic carbocycles. The number of benzene rings is 2. The van der Waals surface area contributed by atoms with Crippen molar-refractivity contribution < 1.29 is 9.47 Å². The fraction of sp³-hybridized carbons (Fsp3) is 0.316. The average Bonchev–Trinajstić information content (AvgIpc) is 2.56. The van der Waals surface area contributed by atoms with Gasteiger partial charge < -0.3 is 14.9 Å². The van der Waals surface area contributed by atoms with Gasteiger partial charge in [-0.1, -0.05) is 23.8 Å². The van der Waals surface area contributed by atoms with E-state index in [1.54, 1.807) is 14.2 Å². The molecule has 0 unspecified atom stereocenters. The van der Waals surface area contributed by atoms with Crippen LogP contribution in [-0.4, -0.2) is 19.9 Å². The monoisotopic (exact) mass is 312 g/mol. The van der Waals surface area contributed by atoms with Crippen LogP contribution in [0.25, 0.3) is 0 Å². The molecule has 0 fully saturated rings. The maximum Gasteiger partial charge on any atom is 0.161 e. The Balaban J connectivity index is 2.07. The molecule has 23 heavy (non-hydrogen) atoms. The van der Waals surface area contributed by atoms with Crippen molar-refractivity contribution in [2.45, 2.75) is 27.3 Å². The van der Waals surface area contributed by atoms with Crippen LogP contribution in [-0.2, 0) is 6.54 Å². The molecule has 0 radical (unpaired) electrons. The first kappa shape index (κ1) is 16.9. The molecule has 0 heterocycles.